The van der Waals surface area contributed by atoms with Crippen LogP contribution in [0.5, 0.6) is 0 Å². The molecule has 3 aromatic heterocycles. The number of anilines is 1. The molecule has 0 unspecified atom stereocenters. The Kier molecular flexibility index (Phi) is 5.62. The average molecular weight is 481 g/mol. The number of aryl methyl sites for hydroxylation is 1. The van der Waals surface area contributed by atoms with Gasteiger partial charge in [0.25, 0.3) is 0 Å². The zero-order valence-corrected chi connectivity index (χ0v) is 19.0. The summed E-state index contributed by atoms with van der Waals surface area (Å²) < 4.78 is 6.73. The molecule has 5 aromatic rings. The molecule has 0 amide bonds. The van der Waals surface area contributed by atoms with E-state index < -0.39 is 5.76 Å². The Morgan fingerprint density at radius 3 is 2.61 bits per heavy atom. The van der Waals surface area contributed by atoms with Crippen LogP contribution >= 0.6 is 23.2 Å². The first-order valence-corrected chi connectivity index (χ1v) is 10.9. The Morgan fingerprint density at radius 1 is 1.06 bits per heavy atom. The van der Waals surface area contributed by atoms with Gasteiger partial charge in [0.05, 0.1) is 16.2 Å². The fraction of sp³-hybridized carbons (Fsp3) is 0.130. The van der Waals surface area contributed by atoms with Gasteiger partial charge >= 0.3 is 5.76 Å². The maximum absolute atomic E-state index is 11.1. The first kappa shape index (κ1) is 21.2. The zero-order valence-electron chi connectivity index (χ0n) is 17.5. The van der Waals surface area contributed by atoms with Crippen molar-refractivity contribution in [2.75, 3.05) is 11.9 Å². The fourth-order valence-electron chi connectivity index (χ4n) is 3.77. The van der Waals surface area contributed by atoms with Gasteiger partial charge in [-0.1, -0.05) is 52.6 Å². The van der Waals surface area contributed by atoms with Crippen molar-refractivity contribution in [3.05, 3.63) is 81.1 Å². The zero-order chi connectivity index (χ0) is 22.9. The quantitative estimate of drug-likeness (QED) is 0.347. The van der Waals surface area contributed by atoms with Crippen LogP contribution in [0.1, 0.15) is 5.69 Å². The lowest BCUT2D eigenvalue weighted by Gasteiger charge is -2.11. The number of benzene rings is 2. The van der Waals surface area contributed by atoms with E-state index in [1.165, 1.54) is 6.33 Å². The topological polar surface area (TPSA) is 102 Å². The second-order valence-electron chi connectivity index (χ2n) is 7.49. The Balaban J connectivity index is 1.30. The molecule has 0 aliphatic rings. The van der Waals surface area contributed by atoms with Crippen molar-refractivity contribution in [2.45, 2.75) is 13.5 Å². The highest BCUT2D eigenvalue weighted by atomic mass is 35.5. The number of halogens is 2. The summed E-state index contributed by atoms with van der Waals surface area (Å²) in [5.41, 5.74) is 4.53. The lowest BCUT2D eigenvalue weighted by Crippen LogP contribution is -2.12. The van der Waals surface area contributed by atoms with Crippen molar-refractivity contribution in [1.82, 2.24) is 24.7 Å². The summed E-state index contributed by atoms with van der Waals surface area (Å²) >= 11 is 12.5. The van der Waals surface area contributed by atoms with E-state index in [9.17, 15) is 4.79 Å². The predicted molar refractivity (Wildman–Crippen MR) is 129 cm³/mol. The third-order valence-electron chi connectivity index (χ3n) is 5.35. The number of aromatic amines is 1. The average Bonchev–Trinajstić information content (AvgIpc) is 3.38. The van der Waals surface area contributed by atoms with Crippen LogP contribution in [0.3, 0.4) is 0 Å². The van der Waals surface area contributed by atoms with Gasteiger partial charge in [-0.2, -0.15) is 0 Å². The minimum Gasteiger partial charge on any atom is -0.368 e. The third-order valence-corrected chi connectivity index (χ3v) is 5.88. The van der Waals surface area contributed by atoms with Gasteiger partial charge in [0.1, 0.15) is 12.1 Å². The van der Waals surface area contributed by atoms with Gasteiger partial charge in [0, 0.05) is 46.4 Å². The van der Waals surface area contributed by atoms with Gasteiger partial charge in [0.15, 0.2) is 5.82 Å². The van der Waals surface area contributed by atoms with Crippen molar-refractivity contribution in [3.8, 4) is 22.6 Å². The molecule has 0 spiro atoms. The normalized spacial score (nSPS) is 11.2. The molecule has 0 saturated heterocycles. The molecular weight excluding hydrogens is 463 g/mol. The SMILES string of the molecule is Cc1cc2c(Cl)cc(Cl)cc2n1CCNc1cc(-c2ccc(-c3noc(=O)[nH]3)cc2)ncn1. The molecule has 10 heteroatoms. The molecular formula is C23H18Cl2N6O2. The van der Waals surface area contributed by atoms with Crippen LogP contribution in [-0.4, -0.2) is 31.2 Å². The molecule has 0 aliphatic carbocycles. The molecule has 0 fully saturated rings. The molecule has 0 atom stereocenters. The van der Waals surface area contributed by atoms with E-state index in [0.717, 1.165) is 45.8 Å². The Hall–Kier alpha value is -3.62. The Bertz CT molecular complexity index is 1500. The summed E-state index contributed by atoms with van der Waals surface area (Å²) in [6.45, 7) is 3.42. The predicted octanol–water partition coefficient (Wildman–Crippen LogP) is 5.17. The summed E-state index contributed by atoms with van der Waals surface area (Å²) in [5, 5.41) is 9.30. The molecule has 166 valence electrons. The van der Waals surface area contributed by atoms with Gasteiger partial charge in [-0.05, 0) is 25.1 Å². The minimum absolute atomic E-state index is 0.381. The lowest BCUT2D eigenvalue weighted by molar-refractivity contribution is 0.388. The Labute approximate surface area is 198 Å². The second kappa shape index (κ2) is 8.73. The van der Waals surface area contributed by atoms with Gasteiger partial charge in [-0.15, -0.1) is 0 Å². The van der Waals surface area contributed by atoms with E-state index >= 15 is 0 Å². The molecule has 0 bridgehead atoms. The maximum Gasteiger partial charge on any atom is 0.439 e. The largest absolute Gasteiger partial charge is 0.439 e. The lowest BCUT2D eigenvalue weighted by atomic mass is 10.1. The fourth-order valence-corrected chi connectivity index (χ4v) is 4.31. The smallest absolute Gasteiger partial charge is 0.368 e. The van der Waals surface area contributed by atoms with Gasteiger partial charge in [-0.25, -0.2) is 14.8 Å². The van der Waals surface area contributed by atoms with Crippen LogP contribution in [0.4, 0.5) is 5.82 Å². The summed E-state index contributed by atoms with van der Waals surface area (Å²) in [7, 11) is 0. The third kappa shape index (κ3) is 4.35. The van der Waals surface area contributed by atoms with Crippen LogP contribution in [0.15, 0.2) is 64.2 Å². The number of aromatic nitrogens is 5. The van der Waals surface area contributed by atoms with Gasteiger partial charge < -0.3 is 9.88 Å². The van der Waals surface area contributed by atoms with E-state index in [0.29, 0.717) is 22.4 Å². The standard InChI is InChI=1S/C23H18Cl2N6O2/c1-13-8-17-18(25)9-16(24)10-20(17)31(13)7-6-26-21-11-19(27-12-28-21)14-2-4-15(5-3-14)22-29-23(32)33-30-22/h2-5,8-12H,6-7H2,1H3,(H,26,27,28)(H,29,30,32). The molecule has 33 heavy (non-hydrogen) atoms. The van der Waals surface area contributed by atoms with Crippen LogP contribution in [-0.2, 0) is 6.54 Å². The first-order valence-electron chi connectivity index (χ1n) is 10.2. The van der Waals surface area contributed by atoms with Crippen molar-refractivity contribution >= 4 is 39.9 Å². The van der Waals surface area contributed by atoms with Crippen molar-refractivity contribution < 1.29 is 4.52 Å². The highest BCUT2D eigenvalue weighted by molar-refractivity contribution is 6.38. The number of nitrogens with zero attached hydrogens (tertiary/aromatic N) is 4. The van der Waals surface area contributed by atoms with E-state index in [1.807, 2.05) is 43.3 Å². The monoisotopic (exact) mass is 480 g/mol. The highest BCUT2D eigenvalue weighted by Gasteiger charge is 2.10. The molecule has 0 saturated carbocycles. The molecule has 5 rings (SSSR count). The Morgan fingerprint density at radius 2 is 1.85 bits per heavy atom. The summed E-state index contributed by atoms with van der Waals surface area (Å²) in [6.07, 6.45) is 1.52. The van der Waals surface area contributed by atoms with Crippen LogP contribution < -0.4 is 11.1 Å². The van der Waals surface area contributed by atoms with Crippen molar-refractivity contribution in [3.63, 3.8) is 0 Å². The highest BCUT2D eigenvalue weighted by Crippen LogP contribution is 2.30. The molecule has 2 aromatic carbocycles. The van der Waals surface area contributed by atoms with E-state index in [4.69, 9.17) is 23.2 Å². The summed E-state index contributed by atoms with van der Waals surface area (Å²) in [6, 6.07) is 15.1. The van der Waals surface area contributed by atoms with E-state index in [-0.39, 0.29) is 0 Å². The van der Waals surface area contributed by atoms with Gasteiger partial charge in [-0.3, -0.25) is 9.51 Å². The van der Waals surface area contributed by atoms with E-state index in [1.54, 1.807) is 6.07 Å². The van der Waals surface area contributed by atoms with Crippen LogP contribution in [0.25, 0.3) is 33.5 Å². The molecule has 2 N–H and O–H groups in total. The van der Waals surface area contributed by atoms with Crippen LogP contribution in [0, 0.1) is 6.92 Å². The minimum atomic E-state index is -0.588. The number of hydrogen-bond acceptors (Lipinski definition) is 6. The maximum atomic E-state index is 11.1. The number of fused-ring (bicyclic) bond motifs is 1. The molecule has 8 nitrogen and oxygen atoms in total. The molecule has 0 aliphatic heterocycles. The number of nitrogens with one attached hydrogen (secondary N) is 2. The van der Waals surface area contributed by atoms with Crippen LogP contribution in [0.2, 0.25) is 10.0 Å². The van der Waals surface area contributed by atoms with E-state index in [2.05, 4.69) is 40.6 Å². The van der Waals surface area contributed by atoms with Gasteiger partial charge in [0.2, 0.25) is 0 Å². The molecule has 0 radical (unpaired) electrons. The number of rotatable bonds is 6. The summed E-state index contributed by atoms with van der Waals surface area (Å²) in [5.74, 6) is 0.511. The number of hydrogen-bond donors (Lipinski definition) is 2. The number of H-pyrrole nitrogens is 1. The first-order chi connectivity index (χ1) is 16.0. The second-order valence-corrected chi connectivity index (χ2v) is 8.34. The van der Waals surface area contributed by atoms with Crippen molar-refractivity contribution in [2.24, 2.45) is 0 Å². The van der Waals surface area contributed by atoms with Crippen molar-refractivity contribution in [1.29, 1.82) is 0 Å². The summed E-state index contributed by atoms with van der Waals surface area (Å²) in [4.78, 5) is 22.4. The molecule has 3 heterocycles.